The number of rotatable bonds is 4. The normalized spacial score (nSPS) is 20.4. The first-order chi connectivity index (χ1) is 9.33. The molecule has 1 aliphatic carbocycles. The quantitative estimate of drug-likeness (QED) is 0.896. The Kier molecular flexibility index (Phi) is 4.55. The highest BCUT2D eigenvalue weighted by Crippen LogP contribution is 2.33. The Labute approximate surface area is 125 Å². The molecule has 2 unspecified atom stereocenters. The molecule has 0 aliphatic heterocycles. The van der Waals surface area contributed by atoms with Crippen LogP contribution in [0.15, 0.2) is 6.07 Å². The van der Waals surface area contributed by atoms with Crippen molar-refractivity contribution in [3.05, 3.63) is 21.4 Å². The molecule has 0 spiro atoms. The van der Waals surface area contributed by atoms with Crippen LogP contribution in [0.3, 0.4) is 0 Å². The lowest BCUT2D eigenvalue weighted by atomic mass is 9.87. The van der Waals surface area contributed by atoms with Gasteiger partial charge in [-0.3, -0.25) is 4.79 Å². The first kappa shape index (κ1) is 15.5. The third-order valence-corrected chi connectivity index (χ3v) is 5.70. The van der Waals surface area contributed by atoms with Crippen molar-refractivity contribution < 1.29 is 9.90 Å². The number of hydrogen-bond donors (Lipinski definition) is 2. The van der Waals surface area contributed by atoms with E-state index in [9.17, 15) is 9.90 Å². The minimum atomic E-state index is -0.604. The number of carbonyl (C=O) groups excluding carboxylic acids is 1. The molecule has 0 bridgehead atoms. The van der Waals surface area contributed by atoms with E-state index in [2.05, 4.69) is 18.3 Å². The van der Waals surface area contributed by atoms with E-state index in [1.54, 1.807) is 18.3 Å². The van der Waals surface area contributed by atoms with Crippen LogP contribution < -0.4 is 5.32 Å². The summed E-state index contributed by atoms with van der Waals surface area (Å²) in [5.41, 5.74) is 0.751. The van der Waals surface area contributed by atoms with Crippen molar-refractivity contribution in [2.75, 3.05) is 0 Å². The second-order valence-electron chi connectivity index (χ2n) is 6.43. The Balaban J connectivity index is 2.11. The molecule has 4 heteroatoms. The SMILES string of the molecule is CCC1CCc2sc(C(=O)NC(C)(C)C(C)O)cc2C1. The summed E-state index contributed by atoms with van der Waals surface area (Å²) in [5, 5.41) is 12.6. The Morgan fingerprint density at radius 3 is 2.90 bits per heavy atom. The van der Waals surface area contributed by atoms with E-state index < -0.39 is 11.6 Å². The first-order valence-electron chi connectivity index (χ1n) is 7.45. The van der Waals surface area contributed by atoms with Crippen LogP contribution in [0, 0.1) is 5.92 Å². The highest BCUT2D eigenvalue weighted by Gasteiger charge is 2.28. The van der Waals surface area contributed by atoms with Gasteiger partial charge in [-0.25, -0.2) is 0 Å². The molecule has 0 aromatic carbocycles. The summed E-state index contributed by atoms with van der Waals surface area (Å²) < 4.78 is 0. The molecule has 2 rings (SSSR count). The molecular weight excluding hydrogens is 270 g/mol. The lowest BCUT2D eigenvalue weighted by Crippen LogP contribution is -2.50. The van der Waals surface area contributed by atoms with Crippen LogP contribution in [0.1, 0.15) is 60.6 Å². The molecule has 1 aromatic heterocycles. The van der Waals surface area contributed by atoms with Crippen LogP contribution in [-0.2, 0) is 12.8 Å². The molecule has 0 radical (unpaired) electrons. The smallest absolute Gasteiger partial charge is 0.261 e. The van der Waals surface area contributed by atoms with Gasteiger partial charge in [0.15, 0.2) is 0 Å². The number of aliphatic hydroxyl groups excluding tert-OH is 1. The molecule has 1 aromatic rings. The summed E-state index contributed by atoms with van der Waals surface area (Å²) in [6, 6.07) is 2.05. The minimum absolute atomic E-state index is 0.0663. The summed E-state index contributed by atoms with van der Waals surface area (Å²) in [4.78, 5) is 14.5. The summed E-state index contributed by atoms with van der Waals surface area (Å²) >= 11 is 1.61. The third-order valence-electron chi connectivity index (χ3n) is 4.47. The Morgan fingerprint density at radius 1 is 1.60 bits per heavy atom. The van der Waals surface area contributed by atoms with E-state index in [4.69, 9.17) is 0 Å². The van der Waals surface area contributed by atoms with Crippen LogP contribution in [-0.4, -0.2) is 22.7 Å². The maximum absolute atomic E-state index is 12.3. The third kappa shape index (κ3) is 3.23. The van der Waals surface area contributed by atoms with Crippen LogP contribution in [0.5, 0.6) is 0 Å². The van der Waals surface area contributed by atoms with Crippen LogP contribution in [0.2, 0.25) is 0 Å². The lowest BCUT2D eigenvalue weighted by molar-refractivity contribution is 0.0712. The standard InChI is InChI=1S/C16H25NO2S/c1-5-11-6-7-13-12(8-11)9-14(20-13)15(19)17-16(3,4)10(2)18/h9-11,18H,5-8H2,1-4H3,(H,17,19). The van der Waals surface area contributed by atoms with Crippen LogP contribution in [0.4, 0.5) is 0 Å². The van der Waals surface area contributed by atoms with Gasteiger partial charge >= 0.3 is 0 Å². The maximum Gasteiger partial charge on any atom is 0.261 e. The number of aryl methyl sites for hydroxylation is 1. The van der Waals surface area contributed by atoms with E-state index >= 15 is 0 Å². The largest absolute Gasteiger partial charge is 0.391 e. The van der Waals surface area contributed by atoms with Gasteiger partial charge in [-0.05, 0) is 57.6 Å². The van der Waals surface area contributed by atoms with Crippen LogP contribution >= 0.6 is 11.3 Å². The van der Waals surface area contributed by atoms with Crippen molar-refractivity contribution in [1.82, 2.24) is 5.32 Å². The second kappa shape index (κ2) is 5.86. The van der Waals surface area contributed by atoms with Crippen molar-refractivity contribution in [3.8, 4) is 0 Å². The fourth-order valence-corrected chi connectivity index (χ4v) is 3.62. The molecule has 1 aliphatic rings. The predicted octanol–water partition coefficient (Wildman–Crippen LogP) is 3.15. The van der Waals surface area contributed by atoms with Crippen molar-refractivity contribution in [2.24, 2.45) is 5.92 Å². The van der Waals surface area contributed by atoms with Crippen molar-refractivity contribution in [2.45, 2.75) is 65.0 Å². The van der Waals surface area contributed by atoms with Gasteiger partial charge in [0.05, 0.1) is 16.5 Å². The Bertz CT molecular complexity index is 491. The summed E-state index contributed by atoms with van der Waals surface area (Å²) in [6.07, 6.45) is 4.09. The first-order valence-corrected chi connectivity index (χ1v) is 8.27. The number of aliphatic hydroxyl groups is 1. The zero-order chi connectivity index (χ0) is 14.9. The molecule has 1 heterocycles. The molecule has 112 valence electrons. The van der Waals surface area contributed by atoms with E-state index in [1.807, 2.05) is 13.8 Å². The molecule has 2 N–H and O–H groups in total. The second-order valence-corrected chi connectivity index (χ2v) is 7.56. The number of thiophene rings is 1. The Hall–Kier alpha value is -0.870. The molecular formula is C16H25NO2S. The molecule has 0 saturated heterocycles. The van der Waals surface area contributed by atoms with Crippen molar-refractivity contribution in [1.29, 1.82) is 0 Å². The van der Waals surface area contributed by atoms with Gasteiger partial charge in [0.2, 0.25) is 0 Å². The highest BCUT2D eigenvalue weighted by atomic mass is 32.1. The molecule has 0 fully saturated rings. The molecule has 0 saturated carbocycles. The molecule has 2 atom stereocenters. The summed E-state index contributed by atoms with van der Waals surface area (Å²) in [6.45, 7) is 7.62. The van der Waals surface area contributed by atoms with E-state index in [0.29, 0.717) is 0 Å². The highest BCUT2D eigenvalue weighted by molar-refractivity contribution is 7.14. The van der Waals surface area contributed by atoms with Crippen molar-refractivity contribution in [3.63, 3.8) is 0 Å². The molecule has 1 amide bonds. The zero-order valence-corrected chi connectivity index (χ0v) is 13.6. The topological polar surface area (TPSA) is 49.3 Å². The number of hydrogen-bond acceptors (Lipinski definition) is 3. The van der Waals surface area contributed by atoms with Gasteiger partial charge in [-0.15, -0.1) is 11.3 Å². The van der Waals surface area contributed by atoms with Gasteiger partial charge in [0, 0.05) is 4.88 Å². The number of nitrogens with one attached hydrogen (secondary N) is 1. The summed E-state index contributed by atoms with van der Waals surface area (Å²) in [5.74, 6) is 0.699. The van der Waals surface area contributed by atoms with E-state index in [1.165, 1.54) is 23.3 Å². The average molecular weight is 295 g/mol. The van der Waals surface area contributed by atoms with Gasteiger partial charge in [-0.2, -0.15) is 0 Å². The number of amides is 1. The fourth-order valence-electron chi connectivity index (χ4n) is 2.52. The average Bonchev–Trinajstić information content (AvgIpc) is 2.80. The molecule has 3 nitrogen and oxygen atoms in total. The predicted molar refractivity (Wildman–Crippen MR) is 83.4 cm³/mol. The van der Waals surface area contributed by atoms with E-state index in [0.717, 1.165) is 23.6 Å². The minimum Gasteiger partial charge on any atom is -0.391 e. The van der Waals surface area contributed by atoms with E-state index in [-0.39, 0.29) is 5.91 Å². The van der Waals surface area contributed by atoms with Gasteiger partial charge in [0.1, 0.15) is 0 Å². The number of fused-ring (bicyclic) bond motifs is 1. The van der Waals surface area contributed by atoms with Crippen LogP contribution in [0.25, 0.3) is 0 Å². The lowest BCUT2D eigenvalue weighted by Gasteiger charge is -2.29. The van der Waals surface area contributed by atoms with Gasteiger partial charge in [-0.1, -0.05) is 13.3 Å². The summed E-state index contributed by atoms with van der Waals surface area (Å²) in [7, 11) is 0. The fraction of sp³-hybridized carbons (Fsp3) is 0.688. The van der Waals surface area contributed by atoms with Crippen molar-refractivity contribution >= 4 is 17.2 Å². The zero-order valence-electron chi connectivity index (χ0n) is 12.8. The van der Waals surface area contributed by atoms with Gasteiger partial charge < -0.3 is 10.4 Å². The number of carbonyl (C=O) groups is 1. The maximum atomic E-state index is 12.3. The monoisotopic (exact) mass is 295 g/mol. The van der Waals surface area contributed by atoms with Gasteiger partial charge in [0.25, 0.3) is 5.91 Å². The Morgan fingerprint density at radius 2 is 2.30 bits per heavy atom. The molecule has 20 heavy (non-hydrogen) atoms.